The first-order chi connectivity index (χ1) is 13.8. The van der Waals surface area contributed by atoms with E-state index in [2.05, 4.69) is 10.5 Å². The Hall–Kier alpha value is -3.64. The highest BCUT2D eigenvalue weighted by molar-refractivity contribution is 6.02. The second kappa shape index (κ2) is 8.37. The molecule has 0 bridgehead atoms. The number of carbonyl (C=O) groups excluding carboxylic acids is 1. The number of hydrogen-bond acceptors (Lipinski definition) is 5. The maximum atomic E-state index is 12.5. The van der Waals surface area contributed by atoms with Crippen LogP contribution in [0.25, 0.3) is 11.3 Å². The first-order valence-corrected chi connectivity index (χ1v) is 8.80. The molecular weight excluding hydrogens is 356 g/mol. The lowest BCUT2D eigenvalue weighted by molar-refractivity contribution is 0.0929. The Bertz CT molecular complexity index is 1040. The van der Waals surface area contributed by atoms with Crippen LogP contribution in [0.15, 0.2) is 88.0 Å². The number of aromatic nitrogens is 1. The summed E-state index contributed by atoms with van der Waals surface area (Å²) in [5.74, 6) is 0.561. The van der Waals surface area contributed by atoms with Crippen LogP contribution in [-0.2, 0) is 18.0 Å². The highest BCUT2D eigenvalue weighted by atomic mass is 16.5. The fourth-order valence-corrected chi connectivity index (χ4v) is 2.72. The molecule has 1 N–H and O–H groups in total. The van der Waals surface area contributed by atoms with Gasteiger partial charge in [0, 0.05) is 17.3 Å². The molecule has 0 radical (unpaired) electrons. The average Bonchev–Trinajstić information content (AvgIpc) is 3.41. The predicted octanol–water partition coefficient (Wildman–Crippen LogP) is 4.90. The van der Waals surface area contributed by atoms with Gasteiger partial charge < -0.3 is 19.0 Å². The molecule has 0 fully saturated rings. The van der Waals surface area contributed by atoms with Crippen molar-refractivity contribution >= 4 is 11.6 Å². The monoisotopic (exact) mass is 374 g/mol. The van der Waals surface area contributed by atoms with Crippen LogP contribution in [0.3, 0.4) is 0 Å². The zero-order valence-electron chi connectivity index (χ0n) is 15.0. The molecule has 4 rings (SSSR count). The molecule has 0 aliphatic heterocycles. The summed E-state index contributed by atoms with van der Waals surface area (Å²) in [4.78, 5) is 12.5. The van der Waals surface area contributed by atoms with Gasteiger partial charge in [0.15, 0.2) is 0 Å². The molecule has 6 heteroatoms. The fraction of sp³-hybridized carbons (Fsp3) is 0.0909. The summed E-state index contributed by atoms with van der Waals surface area (Å²) < 4.78 is 16.1. The van der Waals surface area contributed by atoms with Crippen molar-refractivity contribution in [1.82, 2.24) is 5.16 Å². The molecule has 0 atom stereocenters. The van der Waals surface area contributed by atoms with Gasteiger partial charge in [0.2, 0.25) is 5.76 Å². The lowest BCUT2D eigenvalue weighted by Crippen LogP contribution is -2.11. The molecule has 6 nitrogen and oxygen atoms in total. The minimum Gasteiger partial charge on any atom is -0.467 e. The number of amides is 1. The maximum absolute atomic E-state index is 12.5. The largest absolute Gasteiger partial charge is 0.467 e. The van der Waals surface area contributed by atoms with Gasteiger partial charge in [-0.2, -0.15) is 0 Å². The van der Waals surface area contributed by atoms with Gasteiger partial charge in [-0.3, -0.25) is 4.79 Å². The maximum Gasteiger partial charge on any atom is 0.294 e. The number of rotatable bonds is 7. The average molecular weight is 374 g/mol. The topological polar surface area (TPSA) is 77.5 Å². The lowest BCUT2D eigenvalue weighted by atomic mass is 10.1. The standard InChI is InChI=1S/C22H18N2O4/c25-22(21-13-20(24-28-21)17-7-2-1-3-8-17)23-18-9-4-6-16(12-18)14-26-15-19-10-5-11-27-19/h1-13H,14-15H2,(H,23,25). The van der Waals surface area contributed by atoms with Crippen LogP contribution in [0.5, 0.6) is 0 Å². The number of furan rings is 1. The summed E-state index contributed by atoms with van der Waals surface area (Å²) in [6, 6.07) is 22.3. The number of nitrogens with zero attached hydrogens (tertiary/aromatic N) is 1. The number of ether oxygens (including phenoxy) is 1. The number of anilines is 1. The molecule has 140 valence electrons. The van der Waals surface area contributed by atoms with E-state index in [9.17, 15) is 4.79 Å². The van der Waals surface area contributed by atoms with Crippen LogP contribution in [0.4, 0.5) is 5.69 Å². The number of carbonyl (C=O) groups is 1. The molecule has 0 unspecified atom stereocenters. The quantitative estimate of drug-likeness (QED) is 0.498. The Morgan fingerprint density at radius 2 is 1.86 bits per heavy atom. The Kier molecular flexibility index (Phi) is 5.31. The SMILES string of the molecule is O=C(Nc1cccc(COCc2ccco2)c1)c1cc(-c2ccccc2)no1. The van der Waals surface area contributed by atoms with Gasteiger partial charge in [-0.1, -0.05) is 47.6 Å². The molecular formula is C22H18N2O4. The van der Waals surface area contributed by atoms with Crippen molar-refractivity contribution < 1.29 is 18.5 Å². The van der Waals surface area contributed by atoms with Crippen molar-refractivity contribution in [1.29, 1.82) is 0 Å². The number of nitrogens with one attached hydrogen (secondary N) is 1. The highest BCUT2D eigenvalue weighted by Crippen LogP contribution is 2.20. The summed E-state index contributed by atoms with van der Waals surface area (Å²) in [7, 11) is 0. The van der Waals surface area contributed by atoms with Gasteiger partial charge in [-0.15, -0.1) is 0 Å². The van der Waals surface area contributed by atoms with Crippen LogP contribution in [0, 0.1) is 0 Å². The summed E-state index contributed by atoms with van der Waals surface area (Å²) in [5, 5.41) is 6.79. The Balaban J connectivity index is 1.37. The molecule has 28 heavy (non-hydrogen) atoms. The van der Waals surface area contributed by atoms with Crippen molar-refractivity contribution in [2.24, 2.45) is 0 Å². The normalized spacial score (nSPS) is 10.7. The van der Waals surface area contributed by atoms with Crippen LogP contribution in [-0.4, -0.2) is 11.1 Å². The molecule has 0 saturated heterocycles. The van der Waals surface area contributed by atoms with E-state index < -0.39 is 0 Å². The van der Waals surface area contributed by atoms with E-state index in [1.165, 1.54) is 0 Å². The van der Waals surface area contributed by atoms with Crippen LogP contribution in [0.1, 0.15) is 21.9 Å². The first-order valence-electron chi connectivity index (χ1n) is 8.80. The number of benzene rings is 2. The zero-order chi connectivity index (χ0) is 19.2. The minimum absolute atomic E-state index is 0.151. The van der Waals surface area contributed by atoms with Crippen molar-refractivity contribution in [2.75, 3.05) is 5.32 Å². The molecule has 1 amide bonds. The molecule has 2 aromatic heterocycles. The van der Waals surface area contributed by atoms with E-state index in [4.69, 9.17) is 13.7 Å². The van der Waals surface area contributed by atoms with Crippen LogP contribution >= 0.6 is 0 Å². The van der Waals surface area contributed by atoms with Crippen molar-refractivity contribution in [2.45, 2.75) is 13.2 Å². The third-order valence-corrected chi connectivity index (χ3v) is 4.08. The number of hydrogen-bond donors (Lipinski definition) is 1. The zero-order valence-corrected chi connectivity index (χ0v) is 15.0. The third-order valence-electron chi connectivity index (χ3n) is 4.08. The van der Waals surface area contributed by atoms with E-state index in [1.807, 2.05) is 66.7 Å². The van der Waals surface area contributed by atoms with E-state index in [-0.39, 0.29) is 11.7 Å². The Morgan fingerprint density at radius 3 is 2.68 bits per heavy atom. The molecule has 2 heterocycles. The van der Waals surface area contributed by atoms with Gasteiger partial charge in [0.05, 0.1) is 12.9 Å². The molecule has 0 aliphatic rings. The minimum atomic E-state index is -0.358. The molecule has 0 saturated carbocycles. The van der Waals surface area contributed by atoms with Crippen molar-refractivity contribution in [3.05, 3.63) is 96.1 Å². The summed E-state index contributed by atoms with van der Waals surface area (Å²) >= 11 is 0. The predicted molar refractivity (Wildman–Crippen MR) is 104 cm³/mol. The molecule has 0 aliphatic carbocycles. The van der Waals surface area contributed by atoms with Gasteiger partial charge in [-0.25, -0.2) is 0 Å². The van der Waals surface area contributed by atoms with Gasteiger partial charge in [-0.05, 0) is 29.8 Å². The van der Waals surface area contributed by atoms with Crippen molar-refractivity contribution in [3.63, 3.8) is 0 Å². The molecule has 4 aromatic rings. The second-order valence-electron chi connectivity index (χ2n) is 6.17. The summed E-state index contributed by atoms with van der Waals surface area (Å²) in [6.07, 6.45) is 1.61. The van der Waals surface area contributed by atoms with Crippen LogP contribution in [0.2, 0.25) is 0 Å². The second-order valence-corrected chi connectivity index (χ2v) is 6.17. The van der Waals surface area contributed by atoms with Gasteiger partial charge >= 0.3 is 0 Å². The third kappa shape index (κ3) is 4.36. The van der Waals surface area contributed by atoms with Gasteiger partial charge in [0.1, 0.15) is 18.1 Å². The molecule has 0 spiro atoms. The highest BCUT2D eigenvalue weighted by Gasteiger charge is 2.14. The van der Waals surface area contributed by atoms with E-state index in [0.717, 1.165) is 16.9 Å². The lowest BCUT2D eigenvalue weighted by Gasteiger charge is -2.06. The van der Waals surface area contributed by atoms with Gasteiger partial charge in [0.25, 0.3) is 5.91 Å². The first kappa shape index (κ1) is 17.8. The summed E-state index contributed by atoms with van der Waals surface area (Å²) in [5.41, 5.74) is 3.10. The summed E-state index contributed by atoms with van der Waals surface area (Å²) in [6.45, 7) is 0.800. The van der Waals surface area contributed by atoms with Crippen LogP contribution < -0.4 is 5.32 Å². The van der Waals surface area contributed by atoms with E-state index in [1.54, 1.807) is 12.3 Å². The Labute approximate surface area is 161 Å². The van der Waals surface area contributed by atoms with Crippen molar-refractivity contribution in [3.8, 4) is 11.3 Å². The smallest absolute Gasteiger partial charge is 0.294 e. The van der Waals surface area contributed by atoms with E-state index in [0.29, 0.717) is 24.6 Å². The van der Waals surface area contributed by atoms with E-state index >= 15 is 0 Å². The molecule has 2 aromatic carbocycles. The fourth-order valence-electron chi connectivity index (χ4n) is 2.72. The Morgan fingerprint density at radius 1 is 0.964 bits per heavy atom.